The lowest BCUT2D eigenvalue weighted by atomic mass is 10.0. The average Bonchev–Trinajstić information content (AvgIpc) is 3.32. The minimum absolute atomic E-state index is 0.294. The molecule has 26 heavy (non-hydrogen) atoms. The van der Waals surface area contributed by atoms with Gasteiger partial charge < -0.3 is 4.90 Å². The van der Waals surface area contributed by atoms with Gasteiger partial charge in [0.15, 0.2) is 0 Å². The Morgan fingerprint density at radius 2 is 1.88 bits per heavy atom. The fourth-order valence-corrected chi connectivity index (χ4v) is 6.43. The second kappa shape index (κ2) is 6.82. The van der Waals surface area contributed by atoms with Gasteiger partial charge in [-0.15, -0.1) is 0 Å². The summed E-state index contributed by atoms with van der Waals surface area (Å²) in [5.74, 6) is 0. The van der Waals surface area contributed by atoms with Crippen LogP contribution in [-0.4, -0.2) is 49.1 Å². The molecule has 0 saturated carbocycles. The zero-order chi connectivity index (χ0) is 18.3. The number of hydrogen-bond donors (Lipinski definition) is 0. The maximum atomic E-state index is 13.0. The Balaban J connectivity index is 1.71. The molecule has 1 atom stereocenters. The molecule has 2 saturated heterocycles. The highest BCUT2D eigenvalue weighted by molar-refractivity contribution is 7.89. The third kappa shape index (κ3) is 2.89. The first-order valence-electron chi connectivity index (χ1n) is 9.64. The van der Waals surface area contributed by atoms with Crippen LogP contribution in [0.5, 0.6) is 0 Å². The van der Waals surface area contributed by atoms with Crippen molar-refractivity contribution in [1.82, 2.24) is 9.29 Å². The normalized spacial score (nSPS) is 21.8. The van der Waals surface area contributed by atoms with Crippen molar-refractivity contribution in [2.24, 2.45) is 0 Å². The maximum Gasteiger partial charge on any atom is 0.218 e. The summed E-state index contributed by atoms with van der Waals surface area (Å²) in [6, 6.07) is 8.20. The second-order valence-electron chi connectivity index (χ2n) is 7.40. The maximum absolute atomic E-state index is 13.0. The van der Waals surface area contributed by atoms with Gasteiger partial charge in [-0.05, 0) is 44.2 Å². The Bertz CT molecular complexity index is 920. The minimum Gasteiger partial charge on any atom is -0.369 e. The van der Waals surface area contributed by atoms with E-state index in [0.29, 0.717) is 26.1 Å². The van der Waals surface area contributed by atoms with E-state index in [9.17, 15) is 8.42 Å². The van der Waals surface area contributed by atoms with Gasteiger partial charge >= 0.3 is 0 Å². The molecule has 1 unspecified atom stereocenters. The molecule has 2 aliphatic heterocycles. The summed E-state index contributed by atoms with van der Waals surface area (Å²) in [7, 11) is -3.19. The van der Waals surface area contributed by atoms with Gasteiger partial charge in [0, 0.05) is 37.3 Å². The third-order valence-electron chi connectivity index (χ3n) is 5.83. The van der Waals surface area contributed by atoms with Crippen LogP contribution >= 0.6 is 0 Å². The molecule has 0 amide bonds. The number of sulfonamides is 1. The van der Waals surface area contributed by atoms with Crippen molar-refractivity contribution < 1.29 is 8.42 Å². The van der Waals surface area contributed by atoms with Gasteiger partial charge in [-0.3, -0.25) is 4.98 Å². The lowest BCUT2D eigenvalue weighted by Gasteiger charge is -2.26. The number of nitrogens with zero attached hydrogens (tertiary/aromatic N) is 3. The van der Waals surface area contributed by atoms with Crippen molar-refractivity contribution in [3.63, 3.8) is 0 Å². The highest BCUT2D eigenvalue weighted by Crippen LogP contribution is 2.36. The van der Waals surface area contributed by atoms with Gasteiger partial charge in [-0.2, -0.15) is 0 Å². The number of rotatable bonds is 4. The third-order valence-corrected chi connectivity index (χ3v) is 8.14. The molecule has 0 aliphatic carbocycles. The van der Waals surface area contributed by atoms with Gasteiger partial charge in [0.1, 0.15) is 0 Å². The summed E-state index contributed by atoms with van der Waals surface area (Å²) in [5.41, 5.74) is 4.47. The number of hydrogen-bond acceptors (Lipinski definition) is 4. The molecule has 2 aliphatic rings. The van der Waals surface area contributed by atoms with Crippen molar-refractivity contribution in [3.8, 4) is 0 Å². The van der Waals surface area contributed by atoms with E-state index in [1.165, 1.54) is 11.3 Å². The number of para-hydroxylation sites is 1. The topological polar surface area (TPSA) is 53.5 Å². The first-order chi connectivity index (χ1) is 12.5. The van der Waals surface area contributed by atoms with Crippen LogP contribution in [0.15, 0.2) is 24.3 Å². The zero-order valence-corrected chi connectivity index (χ0v) is 16.4. The van der Waals surface area contributed by atoms with Crippen LogP contribution in [0.3, 0.4) is 0 Å². The van der Waals surface area contributed by atoms with Crippen molar-refractivity contribution in [3.05, 3.63) is 35.5 Å². The molecular weight excluding hydrogens is 346 g/mol. The van der Waals surface area contributed by atoms with E-state index in [4.69, 9.17) is 4.98 Å². The molecule has 0 spiro atoms. The highest BCUT2D eigenvalue weighted by Gasteiger charge is 2.39. The molecule has 0 radical (unpaired) electrons. The molecule has 3 heterocycles. The first kappa shape index (κ1) is 17.7. The number of aryl methyl sites for hydroxylation is 1. The molecule has 0 bridgehead atoms. The number of aromatic nitrogens is 1. The SMILES string of the molecule is CCc1c(C)nc2ccccc2c1N1CCC(S(=O)(=O)N2CCCC2)C1. The largest absolute Gasteiger partial charge is 0.369 e. The predicted molar refractivity (Wildman–Crippen MR) is 106 cm³/mol. The fourth-order valence-electron chi connectivity index (χ4n) is 4.47. The number of fused-ring (bicyclic) bond motifs is 1. The highest BCUT2D eigenvalue weighted by atomic mass is 32.2. The van der Waals surface area contributed by atoms with Crippen molar-refractivity contribution in [1.29, 1.82) is 0 Å². The molecule has 0 N–H and O–H groups in total. The number of pyridine rings is 1. The van der Waals surface area contributed by atoms with Gasteiger partial charge in [0.2, 0.25) is 10.0 Å². The summed E-state index contributed by atoms with van der Waals surface area (Å²) < 4.78 is 27.7. The molecule has 4 rings (SSSR count). The van der Waals surface area contributed by atoms with E-state index in [-0.39, 0.29) is 5.25 Å². The standard InChI is InChI=1S/C20H27N3O2S/c1-3-17-15(2)21-19-9-5-4-8-18(19)20(17)22-13-10-16(14-22)26(24,25)23-11-6-7-12-23/h4-5,8-9,16H,3,6-7,10-14H2,1-2H3. The van der Waals surface area contributed by atoms with Gasteiger partial charge in [-0.25, -0.2) is 12.7 Å². The predicted octanol–water partition coefficient (Wildman–Crippen LogP) is 3.11. The number of anilines is 1. The Morgan fingerprint density at radius 1 is 1.15 bits per heavy atom. The Kier molecular flexibility index (Phi) is 4.65. The molecule has 140 valence electrons. The number of benzene rings is 1. The van der Waals surface area contributed by atoms with Gasteiger partial charge in [0.25, 0.3) is 0 Å². The van der Waals surface area contributed by atoms with Gasteiger partial charge in [-0.1, -0.05) is 25.1 Å². The summed E-state index contributed by atoms with van der Waals surface area (Å²) in [6.45, 7) is 6.96. The Labute approximate surface area is 156 Å². The quantitative estimate of drug-likeness (QED) is 0.826. The molecule has 1 aromatic carbocycles. The Hall–Kier alpha value is -1.66. The van der Waals surface area contributed by atoms with Crippen LogP contribution in [0.4, 0.5) is 5.69 Å². The Morgan fingerprint density at radius 3 is 2.62 bits per heavy atom. The van der Waals surface area contributed by atoms with E-state index in [1.807, 2.05) is 18.2 Å². The second-order valence-corrected chi connectivity index (χ2v) is 9.62. The van der Waals surface area contributed by atoms with E-state index in [2.05, 4.69) is 24.8 Å². The van der Waals surface area contributed by atoms with Crippen LogP contribution in [0.25, 0.3) is 10.9 Å². The minimum atomic E-state index is -3.19. The molecule has 6 heteroatoms. The lowest BCUT2D eigenvalue weighted by Crippen LogP contribution is -2.38. The van der Waals surface area contributed by atoms with Crippen LogP contribution in [0.1, 0.15) is 37.4 Å². The van der Waals surface area contributed by atoms with Crippen molar-refractivity contribution >= 4 is 26.6 Å². The van der Waals surface area contributed by atoms with Gasteiger partial charge in [0.05, 0.1) is 16.5 Å². The van der Waals surface area contributed by atoms with Crippen molar-refractivity contribution in [2.45, 2.75) is 44.8 Å². The summed E-state index contributed by atoms with van der Waals surface area (Å²) in [4.78, 5) is 7.04. The van der Waals surface area contributed by atoms with Crippen LogP contribution in [0, 0.1) is 6.92 Å². The first-order valence-corrected chi connectivity index (χ1v) is 11.1. The fraction of sp³-hybridized carbons (Fsp3) is 0.550. The zero-order valence-electron chi connectivity index (χ0n) is 15.6. The van der Waals surface area contributed by atoms with E-state index < -0.39 is 10.0 Å². The van der Waals surface area contributed by atoms with E-state index >= 15 is 0 Å². The van der Waals surface area contributed by atoms with Crippen LogP contribution in [-0.2, 0) is 16.4 Å². The average molecular weight is 374 g/mol. The summed E-state index contributed by atoms with van der Waals surface area (Å²) in [6.07, 6.45) is 3.59. The lowest BCUT2D eigenvalue weighted by molar-refractivity contribution is 0.467. The smallest absolute Gasteiger partial charge is 0.218 e. The monoisotopic (exact) mass is 373 g/mol. The molecule has 2 fully saturated rings. The molecule has 2 aromatic rings. The van der Waals surface area contributed by atoms with Crippen LogP contribution in [0.2, 0.25) is 0 Å². The van der Waals surface area contributed by atoms with E-state index in [0.717, 1.165) is 42.4 Å². The molecule has 1 aromatic heterocycles. The van der Waals surface area contributed by atoms with Crippen LogP contribution < -0.4 is 4.90 Å². The molecule has 5 nitrogen and oxygen atoms in total. The summed E-state index contributed by atoms with van der Waals surface area (Å²) >= 11 is 0. The van der Waals surface area contributed by atoms with Crippen molar-refractivity contribution in [2.75, 3.05) is 31.1 Å². The molecular formula is C20H27N3O2S. The van der Waals surface area contributed by atoms with E-state index in [1.54, 1.807) is 4.31 Å². The summed E-state index contributed by atoms with van der Waals surface area (Å²) in [5, 5.41) is 0.840.